The average Bonchev–Trinajstić information content (AvgIpc) is 2.40. The molecule has 0 saturated carbocycles. The molecule has 1 rings (SSSR count). The van der Waals surface area contributed by atoms with Crippen LogP contribution in [0.25, 0.3) is 6.08 Å². The van der Waals surface area contributed by atoms with Crippen LogP contribution in [0.3, 0.4) is 0 Å². The van der Waals surface area contributed by atoms with Crippen molar-refractivity contribution >= 4 is 39.2 Å². The largest absolute Gasteiger partial charge is 0.353 e. The van der Waals surface area contributed by atoms with E-state index in [9.17, 15) is 4.79 Å². The minimum absolute atomic E-state index is 0.00168. The first-order chi connectivity index (χ1) is 6.59. The van der Waals surface area contributed by atoms with Gasteiger partial charge in [-0.2, -0.15) is 0 Å². The van der Waals surface area contributed by atoms with E-state index in [1.165, 1.54) is 17.4 Å². The number of nitrogens with one attached hydrogen (secondary N) is 1. The van der Waals surface area contributed by atoms with Gasteiger partial charge in [-0.3, -0.25) is 4.79 Å². The highest BCUT2D eigenvalue weighted by molar-refractivity contribution is 9.11. The van der Waals surface area contributed by atoms with Crippen molar-refractivity contribution in [2.24, 2.45) is 0 Å². The van der Waals surface area contributed by atoms with Gasteiger partial charge in [0, 0.05) is 18.3 Å². The highest BCUT2D eigenvalue weighted by atomic mass is 79.9. The van der Waals surface area contributed by atoms with Gasteiger partial charge in [0.2, 0.25) is 5.91 Å². The van der Waals surface area contributed by atoms with Crippen molar-refractivity contribution in [3.8, 4) is 0 Å². The van der Waals surface area contributed by atoms with Gasteiger partial charge in [0.25, 0.3) is 0 Å². The van der Waals surface area contributed by atoms with Crippen LogP contribution in [-0.4, -0.2) is 12.5 Å². The van der Waals surface area contributed by atoms with Gasteiger partial charge in [-0.15, -0.1) is 11.3 Å². The molecular weight excluding hydrogens is 262 g/mol. The van der Waals surface area contributed by atoms with Crippen molar-refractivity contribution in [1.29, 1.82) is 0 Å². The third-order valence-corrected chi connectivity index (χ3v) is 3.73. The number of hydrogen-bond donors (Lipinski definition) is 1. The lowest BCUT2D eigenvalue weighted by atomic mass is 10.3. The zero-order valence-corrected chi connectivity index (χ0v) is 10.5. The molecule has 0 atom stereocenters. The van der Waals surface area contributed by atoms with Gasteiger partial charge in [-0.1, -0.05) is 6.08 Å². The predicted molar refractivity (Wildman–Crippen MR) is 64.5 cm³/mol. The SMILES string of the molecule is CC(=O)NCC=Cc1cc(C)c(Br)s1. The molecule has 0 radical (unpaired) electrons. The van der Waals surface area contributed by atoms with Crippen LogP contribution in [0, 0.1) is 6.92 Å². The Morgan fingerprint density at radius 2 is 2.43 bits per heavy atom. The van der Waals surface area contributed by atoms with E-state index in [0.29, 0.717) is 6.54 Å². The molecule has 1 aromatic rings. The van der Waals surface area contributed by atoms with Crippen LogP contribution in [0.4, 0.5) is 0 Å². The Labute approximate surface area is 96.2 Å². The maximum absolute atomic E-state index is 10.6. The molecule has 1 N–H and O–H groups in total. The van der Waals surface area contributed by atoms with Gasteiger partial charge in [-0.05, 0) is 40.6 Å². The van der Waals surface area contributed by atoms with E-state index in [2.05, 4.69) is 34.2 Å². The summed E-state index contributed by atoms with van der Waals surface area (Å²) in [6.45, 7) is 4.16. The van der Waals surface area contributed by atoms with Crippen molar-refractivity contribution in [2.45, 2.75) is 13.8 Å². The van der Waals surface area contributed by atoms with Crippen molar-refractivity contribution in [3.05, 3.63) is 26.4 Å². The van der Waals surface area contributed by atoms with Crippen LogP contribution < -0.4 is 5.32 Å². The number of carbonyl (C=O) groups is 1. The summed E-state index contributed by atoms with van der Waals surface area (Å²) < 4.78 is 1.16. The van der Waals surface area contributed by atoms with Crippen molar-refractivity contribution in [3.63, 3.8) is 0 Å². The summed E-state index contributed by atoms with van der Waals surface area (Å²) in [7, 11) is 0. The molecule has 0 aliphatic heterocycles. The van der Waals surface area contributed by atoms with E-state index in [1.54, 1.807) is 11.3 Å². The van der Waals surface area contributed by atoms with E-state index < -0.39 is 0 Å². The topological polar surface area (TPSA) is 29.1 Å². The summed E-state index contributed by atoms with van der Waals surface area (Å²) >= 11 is 5.15. The Bertz CT molecular complexity index is 338. The third kappa shape index (κ3) is 3.64. The normalized spacial score (nSPS) is 10.8. The summed E-state index contributed by atoms with van der Waals surface area (Å²) in [6.07, 6.45) is 3.96. The number of rotatable bonds is 3. The molecule has 0 spiro atoms. The number of hydrogen-bond acceptors (Lipinski definition) is 2. The Hall–Kier alpha value is -0.610. The summed E-state index contributed by atoms with van der Waals surface area (Å²) in [6, 6.07) is 2.11. The molecule has 0 saturated heterocycles. The van der Waals surface area contributed by atoms with Gasteiger partial charge < -0.3 is 5.32 Å². The molecule has 14 heavy (non-hydrogen) atoms. The van der Waals surface area contributed by atoms with Gasteiger partial charge in [0.05, 0.1) is 3.79 Å². The zero-order chi connectivity index (χ0) is 10.6. The van der Waals surface area contributed by atoms with Crippen molar-refractivity contribution < 1.29 is 4.79 Å². The average molecular weight is 274 g/mol. The van der Waals surface area contributed by atoms with E-state index >= 15 is 0 Å². The van der Waals surface area contributed by atoms with Crippen molar-refractivity contribution in [1.82, 2.24) is 5.32 Å². The first-order valence-electron chi connectivity index (χ1n) is 4.26. The molecule has 1 aromatic heterocycles. The summed E-state index contributed by atoms with van der Waals surface area (Å²) in [5, 5.41) is 2.70. The van der Waals surface area contributed by atoms with Crippen LogP contribution in [0.5, 0.6) is 0 Å². The quantitative estimate of drug-likeness (QED) is 0.902. The lowest BCUT2D eigenvalue weighted by Crippen LogP contribution is -2.19. The molecule has 2 nitrogen and oxygen atoms in total. The second kappa shape index (κ2) is 5.32. The molecule has 0 aliphatic carbocycles. The Morgan fingerprint density at radius 1 is 1.71 bits per heavy atom. The second-order valence-corrected chi connectivity index (χ2v) is 5.35. The highest BCUT2D eigenvalue weighted by Crippen LogP contribution is 2.27. The fourth-order valence-corrected chi connectivity index (χ4v) is 2.45. The molecule has 0 aliphatic rings. The van der Waals surface area contributed by atoms with E-state index in [1.807, 2.05) is 12.2 Å². The van der Waals surface area contributed by atoms with Crippen molar-refractivity contribution in [2.75, 3.05) is 6.54 Å². The number of aryl methyl sites for hydroxylation is 1. The Morgan fingerprint density at radius 3 is 2.93 bits per heavy atom. The highest BCUT2D eigenvalue weighted by Gasteiger charge is 1.98. The maximum atomic E-state index is 10.6. The molecule has 76 valence electrons. The monoisotopic (exact) mass is 273 g/mol. The summed E-state index contributed by atoms with van der Waals surface area (Å²) in [5.74, 6) is -0.00168. The number of halogens is 1. The van der Waals surface area contributed by atoms with Crippen LogP contribution in [0.15, 0.2) is 15.9 Å². The maximum Gasteiger partial charge on any atom is 0.217 e. The lowest BCUT2D eigenvalue weighted by Gasteiger charge is -1.93. The minimum atomic E-state index is -0.00168. The van der Waals surface area contributed by atoms with Gasteiger partial charge in [-0.25, -0.2) is 0 Å². The Kier molecular flexibility index (Phi) is 4.35. The fourth-order valence-electron chi connectivity index (χ4n) is 0.943. The summed E-state index contributed by atoms with van der Waals surface area (Å²) in [4.78, 5) is 11.8. The van der Waals surface area contributed by atoms with Crippen LogP contribution in [0.1, 0.15) is 17.4 Å². The first kappa shape index (κ1) is 11.5. The number of thiophene rings is 1. The Balaban J connectivity index is 2.48. The van der Waals surface area contributed by atoms with Gasteiger partial charge in [0.15, 0.2) is 0 Å². The zero-order valence-electron chi connectivity index (χ0n) is 8.13. The second-order valence-electron chi connectivity index (χ2n) is 2.94. The molecule has 1 amide bonds. The number of carbonyl (C=O) groups excluding carboxylic acids is 1. The minimum Gasteiger partial charge on any atom is -0.353 e. The lowest BCUT2D eigenvalue weighted by molar-refractivity contribution is -0.118. The van der Waals surface area contributed by atoms with E-state index in [4.69, 9.17) is 0 Å². The molecule has 0 unspecified atom stereocenters. The van der Waals surface area contributed by atoms with E-state index in [-0.39, 0.29) is 5.91 Å². The molecule has 0 bridgehead atoms. The molecule has 1 heterocycles. The smallest absolute Gasteiger partial charge is 0.217 e. The first-order valence-corrected chi connectivity index (χ1v) is 5.87. The van der Waals surface area contributed by atoms with Crippen LogP contribution in [0.2, 0.25) is 0 Å². The fraction of sp³-hybridized carbons (Fsp3) is 0.300. The molecule has 4 heteroatoms. The third-order valence-electron chi connectivity index (χ3n) is 1.63. The predicted octanol–water partition coefficient (Wildman–Crippen LogP) is 2.97. The number of amides is 1. The van der Waals surface area contributed by atoms with Crippen LogP contribution in [-0.2, 0) is 4.79 Å². The molecule has 0 aromatic carbocycles. The molecule has 0 fully saturated rings. The van der Waals surface area contributed by atoms with E-state index in [0.717, 1.165) is 3.79 Å². The van der Waals surface area contributed by atoms with Gasteiger partial charge >= 0.3 is 0 Å². The standard InChI is InChI=1S/C10H12BrNOS/c1-7-6-9(14-10(7)11)4-3-5-12-8(2)13/h3-4,6H,5H2,1-2H3,(H,12,13). The van der Waals surface area contributed by atoms with Crippen LogP contribution >= 0.6 is 27.3 Å². The summed E-state index contributed by atoms with van der Waals surface area (Å²) in [5.41, 5.74) is 1.24. The molecular formula is C10H12BrNOS. The van der Waals surface area contributed by atoms with Gasteiger partial charge in [0.1, 0.15) is 0 Å².